The van der Waals surface area contributed by atoms with E-state index in [9.17, 15) is 24.3 Å². The lowest BCUT2D eigenvalue weighted by atomic mass is 10.0. The van der Waals surface area contributed by atoms with Crippen LogP contribution in [-0.4, -0.2) is 72.9 Å². The minimum atomic E-state index is -1.26. The first-order valence-corrected chi connectivity index (χ1v) is 13.6. The molecule has 202 valence electrons. The Balaban J connectivity index is 1.37. The molecule has 2 amide bonds. The highest BCUT2D eigenvalue weighted by Gasteiger charge is 2.54. The first-order valence-electron chi connectivity index (χ1n) is 11.3. The van der Waals surface area contributed by atoms with Gasteiger partial charge in [-0.25, -0.2) is 9.78 Å². The number of amides is 2. The number of oxime groups is 1. The third kappa shape index (κ3) is 4.72. The van der Waals surface area contributed by atoms with Gasteiger partial charge in [0.05, 0.1) is 16.9 Å². The number of carbonyl (C=O) groups is 4. The number of carboxylic acid groups (broad SMARTS) is 1. The number of thioether (sulfide) groups is 1. The molecule has 13 nitrogen and oxygen atoms in total. The van der Waals surface area contributed by atoms with E-state index in [0.717, 1.165) is 11.3 Å². The second-order valence-corrected chi connectivity index (χ2v) is 11.0. The molecule has 16 heteroatoms. The number of carboxylic acids is 1. The van der Waals surface area contributed by atoms with E-state index in [1.807, 2.05) is 0 Å². The molecule has 0 aliphatic carbocycles. The molecule has 4 N–H and O–H groups in total. The molecule has 1 fully saturated rings. The van der Waals surface area contributed by atoms with Crippen molar-refractivity contribution in [2.75, 3.05) is 18.6 Å². The molecule has 0 aromatic carbocycles. The van der Waals surface area contributed by atoms with Gasteiger partial charge in [0, 0.05) is 23.6 Å². The summed E-state index contributed by atoms with van der Waals surface area (Å²) < 4.78 is 3.40. The van der Waals surface area contributed by atoms with Crippen molar-refractivity contribution in [1.82, 2.24) is 19.6 Å². The second kappa shape index (κ2) is 10.3. The second-order valence-electron chi connectivity index (χ2n) is 8.60. The molecule has 0 bridgehead atoms. The maximum Gasteiger partial charge on any atom is 0.352 e. The summed E-state index contributed by atoms with van der Waals surface area (Å²) in [7, 11) is 1.27. The maximum absolute atomic E-state index is 13.1. The molecule has 3 aromatic heterocycles. The molecule has 0 radical (unpaired) electrons. The number of fused-ring (bicyclic) bond motifs is 2. The summed E-state index contributed by atoms with van der Waals surface area (Å²) in [6.45, 7) is 1.62. The number of aromatic nitrogens is 3. The number of thiazole rings is 1. The van der Waals surface area contributed by atoms with E-state index in [-0.39, 0.29) is 34.6 Å². The first kappa shape index (κ1) is 26.6. The number of nitrogens with two attached hydrogens (primary N) is 1. The van der Waals surface area contributed by atoms with E-state index in [2.05, 4.69) is 15.5 Å². The van der Waals surface area contributed by atoms with Crippen LogP contribution in [0.15, 0.2) is 46.5 Å². The minimum absolute atomic E-state index is 0.134. The molecular weight excluding hydrogens is 570 g/mol. The number of hydrogen-bond donors (Lipinski definition) is 3. The van der Waals surface area contributed by atoms with Crippen molar-refractivity contribution < 1.29 is 33.7 Å². The lowest BCUT2D eigenvalue weighted by Gasteiger charge is -2.49. The van der Waals surface area contributed by atoms with Gasteiger partial charge in [0.15, 0.2) is 35.6 Å². The van der Waals surface area contributed by atoms with E-state index >= 15 is 0 Å². The smallest absolute Gasteiger partial charge is 0.352 e. The Bertz CT molecular complexity index is 1610. The standard InChI is InChI=1S/C23H20ClN7O6S2/c1-10(32)14-5-12(24)15-7-29(3-4-30(14)15)6-11-8-38-21-17(20(34)31(21)18(11)22(35)36)27-19(33)16(28-37-2)13-9-39-23(25)26-13/h3-5,7,9,17,21H,6,8H2,1-2H3,(H3-,25,26,27,33,35,36)/p+1/b28-16-/t17-,21-/m1/s1. The van der Waals surface area contributed by atoms with Crippen LogP contribution in [0.2, 0.25) is 5.02 Å². The number of β-lactam (4-membered cyclic amide) rings is 1. The number of anilines is 1. The monoisotopic (exact) mass is 590 g/mol. The summed E-state index contributed by atoms with van der Waals surface area (Å²) in [6, 6.07) is 0.608. The lowest BCUT2D eigenvalue weighted by molar-refractivity contribution is -0.688. The Kier molecular flexibility index (Phi) is 7.05. The average molecular weight is 591 g/mol. The predicted molar refractivity (Wildman–Crippen MR) is 142 cm³/mol. The maximum atomic E-state index is 13.1. The Hall–Kier alpha value is -3.95. The van der Waals surface area contributed by atoms with Gasteiger partial charge in [-0.3, -0.25) is 19.3 Å². The van der Waals surface area contributed by atoms with Crippen LogP contribution < -0.4 is 15.6 Å². The summed E-state index contributed by atoms with van der Waals surface area (Å²) in [5.41, 5.74) is 7.07. The van der Waals surface area contributed by atoms with Crippen molar-refractivity contribution >= 4 is 74.6 Å². The fraction of sp³-hybridized carbons (Fsp3) is 0.261. The predicted octanol–water partition coefficient (Wildman–Crippen LogP) is 0.911. The normalized spacial score (nSPS) is 19.1. The molecule has 0 unspecified atom stereocenters. The highest BCUT2D eigenvalue weighted by Crippen LogP contribution is 2.40. The van der Waals surface area contributed by atoms with Crippen molar-refractivity contribution in [1.29, 1.82) is 0 Å². The van der Waals surface area contributed by atoms with Gasteiger partial charge < -0.3 is 25.4 Å². The fourth-order valence-electron chi connectivity index (χ4n) is 4.44. The van der Waals surface area contributed by atoms with E-state index in [0.29, 0.717) is 27.6 Å². The van der Waals surface area contributed by atoms with Gasteiger partial charge in [0.2, 0.25) is 0 Å². The van der Waals surface area contributed by atoms with Gasteiger partial charge in [0.1, 0.15) is 35.4 Å². The van der Waals surface area contributed by atoms with E-state index in [1.54, 1.807) is 33.6 Å². The molecule has 2 aliphatic rings. The molecule has 3 aromatic rings. The number of nitrogen functional groups attached to an aromatic ring is 1. The van der Waals surface area contributed by atoms with Gasteiger partial charge in [-0.05, 0) is 6.07 Å². The zero-order valence-electron chi connectivity index (χ0n) is 20.5. The highest BCUT2D eigenvalue weighted by molar-refractivity contribution is 8.00. The summed E-state index contributed by atoms with van der Waals surface area (Å²) >= 11 is 8.76. The number of aliphatic carboxylic acids is 1. The zero-order valence-corrected chi connectivity index (χ0v) is 22.8. The van der Waals surface area contributed by atoms with Crippen LogP contribution in [0.4, 0.5) is 5.13 Å². The average Bonchev–Trinajstić information content (AvgIpc) is 3.48. The number of Topliss-reactive ketones (excluding diaryl/α,β-unsaturated/α-hetero) is 1. The van der Waals surface area contributed by atoms with Crippen LogP contribution in [-0.2, 0) is 25.8 Å². The van der Waals surface area contributed by atoms with Crippen molar-refractivity contribution in [2.45, 2.75) is 24.9 Å². The Labute approximate surface area is 233 Å². The SMILES string of the molecule is CO/N=C(\C(=O)N[C@@H]1C(=O)N2C(C(=O)O)=C(C[n+]3ccn4c(C(C)=O)cc(Cl)c4c3)CS[C@H]12)c1csc(N)n1. The topological polar surface area (TPSA) is 173 Å². The van der Waals surface area contributed by atoms with Gasteiger partial charge in [0.25, 0.3) is 11.8 Å². The lowest BCUT2D eigenvalue weighted by Crippen LogP contribution is -2.71. The van der Waals surface area contributed by atoms with Crippen LogP contribution in [0.25, 0.3) is 5.52 Å². The molecule has 5 rings (SSSR count). The van der Waals surface area contributed by atoms with Gasteiger partial charge in [-0.15, -0.1) is 23.1 Å². The minimum Gasteiger partial charge on any atom is -0.477 e. The van der Waals surface area contributed by atoms with E-state index in [1.165, 1.54) is 36.1 Å². The molecule has 0 spiro atoms. The Morgan fingerprint density at radius 3 is 2.82 bits per heavy atom. The number of rotatable bonds is 8. The highest BCUT2D eigenvalue weighted by atomic mass is 35.5. The number of halogens is 1. The van der Waals surface area contributed by atoms with Crippen LogP contribution in [0.3, 0.4) is 0 Å². The number of ketones is 1. The molecule has 0 saturated carbocycles. The first-order chi connectivity index (χ1) is 18.6. The van der Waals surface area contributed by atoms with Crippen LogP contribution >= 0.6 is 34.7 Å². The van der Waals surface area contributed by atoms with Crippen LogP contribution in [0, 0.1) is 0 Å². The van der Waals surface area contributed by atoms with Crippen LogP contribution in [0.5, 0.6) is 0 Å². The Morgan fingerprint density at radius 1 is 1.41 bits per heavy atom. The van der Waals surface area contributed by atoms with Crippen molar-refractivity contribution in [3.05, 3.63) is 57.7 Å². The third-order valence-corrected chi connectivity index (χ3v) is 8.47. The molecule has 5 heterocycles. The number of nitrogens with zero attached hydrogens (tertiary/aromatic N) is 5. The molecule has 2 aliphatic heterocycles. The largest absolute Gasteiger partial charge is 0.477 e. The zero-order chi connectivity index (χ0) is 28.0. The Morgan fingerprint density at radius 2 is 2.18 bits per heavy atom. The summed E-state index contributed by atoms with van der Waals surface area (Å²) in [4.78, 5) is 60.1. The summed E-state index contributed by atoms with van der Waals surface area (Å²) in [5.74, 6) is -2.37. The van der Waals surface area contributed by atoms with Crippen molar-refractivity contribution in [2.24, 2.45) is 5.16 Å². The van der Waals surface area contributed by atoms with Crippen molar-refractivity contribution in [3.8, 4) is 0 Å². The molecular formula is C23H21ClN7O6S2+. The van der Waals surface area contributed by atoms with E-state index < -0.39 is 29.2 Å². The van der Waals surface area contributed by atoms with Crippen LogP contribution in [0.1, 0.15) is 23.1 Å². The van der Waals surface area contributed by atoms with E-state index in [4.69, 9.17) is 22.2 Å². The number of carbonyl (C=O) groups excluding carboxylic acids is 3. The molecule has 39 heavy (non-hydrogen) atoms. The molecule has 2 atom stereocenters. The quantitative estimate of drug-likeness (QED) is 0.113. The summed E-state index contributed by atoms with van der Waals surface area (Å²) in [6.07, 6.45) is 5.08. The summed E-state index contributed by atoms with van der Waals surface area (Å²) in [5, 5.41) is 17.9. The third-order valence-electron chi connectivity index (χ3n) is 6.16. The van der Waals surface area contributed by atoms with Gasteiger partial charge in [-0.2, -0.15) is 4.57 Å². The van der Waals surface area contributed by atoms with Crippen molar-refractivity contribution in [3.63, 3.8) is 0 Å². The van der Waals surface area contributed by atoms with Gasteiger partial charge in [-0.1, -0.05) is 16.8 Å². The fourth-order valence-corrected chi connectivity index (χ4v) is 6.57. The number of hydrogen-bond acceptors (Lipinski definition) is 10. The van der Waals surface area contributed by atoms with Gasteiger partial charge >= 0.3 is 5.97 Å². The number of nitrogens with one attached hydrogen (secondary N) is 1. The molecule has 1 saturated heterocycles.